The van der Waals surface area contributed by atoms with Crippen LogP contribution in [0.4, 0.5) is 0 Å². The first-order chi connectivity index (χ1) is 13.2. The van der Waals surface area contributed by atoms with E-state index in [-0.39, 0.29) is 24.0 Å². The zero-order chi connectivity index (χ0) is 19.3. The number of methoxy groups -OCH3 is 1. The van der Waals surface area contributed by atoms with Crippen molar-refractivity contribution in [3.63, 3.8) is 0 Å². The van der Waals surface area contributed by atoms with Gasteiger partial charge < -0.3 is 19.9 Å². The molecule has 6 nitrogen and oxygen atoms in total. The van der Waals surface area contributed by atoms with Crippen LogP contribution in [-0.2, 0) is 11.3 Å². The molecule has 1 saturated heterocycles. The third kappa shape index (κ3) is 9.54. The van der Waals surface area contributed by atoms with Crippen molar-refractivity contribution in [2.75, 3.05) is 73.1 Å². The van der Waals surface area contributed by atoms with Crippen LogP contribution in [0.25, 0.3) is 0 Å². The summed E-state index contributed by atoms with van der Waals surface area (Å²) < 4.78 is 5.12. The summed E-state index contributed by atoms with van der Waals surface area (Å²) in [6.07, 6.45) is 1.07. The molecule has 0 atom stereocenters. The van der Waals surface area contributed by atoms with Gasteiger partial charge in [-0.25, -0.2) is 0 Å². The minimum atomic E-state index is 0. The molecule has 2 rings (SSSR count). The van der Waals surface area contributed by atoms with E-state index in [1.807, 2.05) is 0 Å². The number of benzene rings is 1. The quantitative estimate of drug-likeness (QED) is 0.230. The molecule has 0 aromatic heterocycles. The maximum absolute atomic E-state index is 5.12. The first-order valence-electron chi connectivity index (χ1n) is 10.2. The van der Waals surface area contributed by atoms with Gasteiger partial charge in [0.05, 0.1) is 6.61 Å². The number of ether oxygens (including phenoxy) is 1. The standard InChI is InChI=1S/C21H37N5O.HI/c1-4-22-21(23-11-8-12-24(2)17-18-27-3)26-15-13-25(14-16-26)19-20-9-6-5-7-10-20;/h5-7,9-10H,4,8,11-19H2,1-3H3,(H,22,23);1H. The highest BCUT2D eigenvalue weighted by molar-refractivity contribution is 14.0. The Balaban J connectivity index is 0.00000392. The molecule has 28 heavy (non-hydrogen) atoms. The van der Waals surface area contributed by atoms with Gasteiger partial charge in [-0.3, -0.25) is 9.89 Å². The topological polar surface area (TPSA) is 43.3 Å². The molecule has 0 amide bonds. The average molecular weight is 503 g/mol. The number of rotatable bonds is 10. The molecule has 0 spiro atoms. The highest BCUT2D eigenvalue weighted by atomic mass is 127. The summed E-state index contributed by atoms with van der Waals surface area (Å²) in [5.74, 6) is 1.07. The van der Waals surface area contributed by atoms with Crippen molar-refractivity contribution in [1.82, 2.24) is 20.0 Å². The van der Waals surface area contributed by atoms with Gasteiger partial charge in [0, 0.05) is 59.5 Å². The van der Waals surface area contributed by atoms with Crippen LogP contribution in [-0.4, -0.2) is 93.8 Å². The molecule has 1 N–H and O–H groups in total. The second kappa shape index (κ2) is 15.0. The minimum Gasteiger partial charge on any atom is -0.383 e. The van der Waals surface area contributed by atoms with E-state index in [0.717, 1.165) is 77.9 Å². The SMILES string of the molecule is CCNC(=NCCCN(C)CCOC)N1CCN(Cc2ccccc2)CC1.I. The van der Waals surface area contributed by atoms with E-state index < -0.39 is 0 Å². The minimum absolute atomic E-state index is 0. The van der Waals surface area contributed by atoms with E-state index in [1.165, 1.54) is 5.56 Å². The molecule has 1 aliphatic rings. The zero-order valence-corrected chi connectivity index (χ0v) is 20.1. The van der Waals surface area contributed by atoms with E-state index in [9.17, 15) is 0 Å². The summed E-state index contributed by atoms with van der Waals surface area (Å²) in [5.41, 5.74) is 1.39. The largest absolute Gasteiger partial charge is 0.383 e. The van der Waals surface area contributed by atoms with Gasteiger partial charge in [0.25, 0.3) is 0 Å². The van der Waals surface area contributed by atoms with Crippen molar-refractivity contribution in [3.05, 3.63) is 35.9 Å². The maximum Gasteiger partial charge on any atom is 0.194 e. The zero-order valence-electron chi connectivity index (χ0n) is 17.8. The smallest absolute Gasteiger partial charge is 0.194 e. The number of likely N-dealkylation sites (N-methyl/N-ethyl adjacent to an activating group) is 1. The molecule has 0 aliphatic carbocycles. The Bertz CT molecular complexity index is 535. The summed E-state index contributed by atoms with van der Waals surface area (Å²) >= 11 is 0. The number of aliphatic imine (C=N–C) groups is 1. The molecule has 7 heteroatoms. The molecule has 1 heterocycles. The van der Waals surface area contributed by atoms with Crippen molar-refractivity contribution in [3.8, 4) is 0 Å². The number of hydrogen-bond acceptors (Lipinski definition) is 4. The lowest BCUT2D eigenvalue weighted by molar-refractivity contribution is 0.161. The second-order valence-electron chi connectivity index (χ2n) is 7.13. The van der Waals surface area contributed by atoms with E-state index >= 15 is 0 Å². The van der Waals surface area contributed by atoms with Gasteiger partial charge in [0.15, 0.2) is 5.96 Å². The van der Waals surface area contributed by atoms with Gasteiger partial charge in [-0.15, -0.1) is 24.0 Å². The molecule has 1 aliphatic heterocycles. The highest BCUT2D eigenvalue weighted by Crippen LogP contribution is 2.08. The van der Waals surface area contributed by atoms with Crippen LogP contribution in [0.1, 0.15) is 18.9 Å². The molecule has 0 saturated carbocycles. The van der Waals surface area contributed by atoms with E-state index in [2.05, 4.69) is 64.3 Å². The molecule has 0 unspecified atom stereocenters. The van der Waals surface area contributed by atoms with Crippen molar-refractivity contribution in [2.24, 2.45) is 4.99 Å². The Morgan fingerprint density at radius 3 is 2.50 bits per heavy atom. The lowest BCUT2D eigenvalue weighted by Gasteiger charge is -2.36. The summed E-state index contributed by atoms with van der Waals surface area (Å²) in [6, 6.07) is 10.7. The van der Waals surface area contributed by atoms with Crippen LogP contribution in [0.5, 0.6) is 0 Å². The number of nitrogens with one attached hydrogen (secondary N) is 1. The number of piperazine rings is 1. The van der Waals surface area contributed by atoms with Gasteiger partial charge in [-0.05, 0) is 32.5 Å². The van der Waals surface area contributed by atoms with Gasteiger partial charge in [-0.1, -0.05) is 30.3 Å². The Morgan fingerprint density at radius 2 is 1.86 bits per heavy atom. The van der Waals surface area contributed by atoms with Gasteiger partial charge in [-0.2, -0.15) is 0 Å². The Kier molecular flexibility index (Phi) is 13.5. The van der Waals surface area contributed by atoms with E-state index in [4.69, 9.17) is 9.73 Å². The van der Waals surface area contributed by atoms with Crippen LogP contribution in [0.15, 0.2) is 35.3 Å². The third-order valence-electron chi connectivity index (χ3n) is 4.89. The van der Waals surface area contributed by atoms with Crippen molar-refractivity contribution in [1.29, 1.82) is 0 Å². The highest BCUT2D eigenvalue weighted by Gasteiger charge is 2.19. The summed E-state index contributed by atoms with van der Waals surface area (Å²) in [7, 11) is 3.89. The Labute approximate surface area is 188 Å². The van der Waals surface area contributed by atoms with Crippen LogP contribution in [0.3, 0.4) is 0 Å². The first kappa shape index (κ1) is 25.1. The first-order valence-corrected chi connectivity index (χ1v) is 10.2. The number of halogens is 1. The fraction of sp³-hybridized carbons (Fsp3) is 0.667. The van der Waals surface area contributed by atoms with Crippen LogP contribution >= 0.6 is 24.0 Å². The van der Waals surface area contributed by atoms with Gasteiger partial charge in [0.2, 0.25) is 0 Å². The monoisotopic (exact) mass is 503 g/mol. The predicted octanol–water partition coefficient (Wildman–Crippen LogP) is 2.36. The predicted molar refractivity (Wildman–Crippen MR) is 129 cm³/mol. The molecular formula is C21H38IN5O. The Morgan fingerprint density at radius 1 is 1.14 bits per heavy atom. The van der Waals surface area contributed by atoms with Crippen LogP contribution in [0, 0.1) is 0 Å². The molecule has 0 bridgehead atoms. The average Bonchev–Trinajstić information content (AvgIpc) is 2.70. The van der Waals surface area contributed by atoms with E-state index in [0.29, 0.717) is 0 Å². The second-order valence-corrected chi connectivity index (χ2v) is 7.13. The third-order valence-corrected chi connectivity index (χ3v) is 4.89. The van der Waals surface area contributed by atoms with Crippen molar-refractivity contribution < 1.29 is 4.74 Å². The molecule has 1 fully saturated rings. The van der Waals surface area contributed by atoms with Crippen LogP contribution < -0.4 is 5.32 Å². The fourth-order valence-corrected chi connectivity index (χ4v) is 3.27. The molecule has 0 radical (unpaired) electrons. The number of hydrogen-bond donors (Lipinski definition) is 1. The maximum atomic E-state index is 5.12. The molecular weight excluding hydrogens is 465 g/mol. The van der Waals surface area contributed by atoms with Crippen molar-refractivity contribution in [2.45, 2.75) is 19.9 Å². The Hall–Kier alpha value is -0.900. The normalized spacial score (nSPS) is 15.6. The van der Waals surface area contributed by atoms with Crippen LogP contribution in [0.2, 0.25) is 0 Å². The molecule has 160 valence electrons. The number of nitrogens with zero attached hydrogens (tertiary/aromatic N) is 4. The number of guanidine groups is 1. The fourth-order valence-electron chi connectivity index (χ4n) is 3.27. The molecule has 1 aromatic rings. The van der Waals surface area contributed by atoms with Gasteiger partial charge in [0.1, 0.15) is 0 Å². The summed E-state index contributed by atoms with van der Waals surface area (Å²) in [6.45, 7) is 12.0. The van der Waals surface area contributed by atoms with E-state index in [1.54, 1.807) is 7.11 Å². The lowest BCUT2D eigenvalue weighted by Crippen LogP contribution is -2.52. The van der Waals surface area contributed by atoms with Crippen molar-refractivity contribution >= 4 is 29.9 Å². The summed E-state index contributed by atoms with van der Waals surface area (Å²) in [5, 5.41) is 3.46. The lowest BCUT2D eigenvalue weighted by atomic mass is 10.2. The van der Waals surface area contributed by atoms with Gasteiger partial charge >= 0.3 is 0 Å². The summed E-state index contributed by atoms with van der Waals surface area (Å²) in [4.78, 5) is 12.1. The molecule has 1 aromatic carbocycles.